The molecule has 0 spiro atoms. The van der Waals surface area contributed by atoms with E-state index in [1.54, 1.807) is 7.11 Å². The van der Waals surface area contributed by atoms with Crippen molar-refractivity contribution >= 4 is 16.8 Å². The molecule has 0 unspecified atom stereocenters. The summed E-state index contributed by atoms with van der Waals surface area (Å²) in [6, 6.07) is 8.12. The molecular formula is C19H25N3O3. The highest BCUT2D eigenvalue weighted by Gasteiger charge is 2.35. The Bertz CT molecular complexity index is 780. The van der Waals surface area contributed by atoms with Crippen molar-refractivity contribution in [1.29, 1.82) is 0 Å². The Morgan fingerprint density at radius 2 is 2.04 bits per heavy atom. The minimum absolute atomic E-state index is 0.0441. The molecular weight excluding hydrogens is 318 g/mol. The van der Waals surface area contributed by atoms with Crippen LogP contribution in [0.15, 0.2) is 24.3 Å². The van der Waals surface area contributed by atoms with Crippen LogP contribution < -0.4 is 10.1 Å². The third-order valence-corrected chi connectivity index (χ3v) is 5.46. The van der Waals surface area contributed by atoms with E-state index in [1.807, 2.05) is 35.9 Å². The zero-order chi connectivity index (χ0) is 17.4. The van der Waals surface area contributed by atoms with Crippen LogP contribution in [0, 0.1) is 0 Å². The summed E-state index contributed by atoms with van der Waals surface area (Å²) in [6.07, 6.45) is 2.48. The van der Waals surface area contributed by atoms with Gasteiger partial charge in [-0.3, -0.25) is 9.69 Å². The van der Waals surface area contributed by atoms with Gasteiger partial charge < -0.3 is 19.4 Å². The minimum atomic E-state index is -0.0441. The Labute approximate surface area is 147 Å². The van der Waals surface area contributed by atoms with Gasteiger partial charge in [0.25, 0.3) is 5.91 Å². The summed E-state index contributed by atoms with van der Waals surface area (Å²) in [5, 5.41) is 4.20. The molecule has 3 heterocycles. The molecule has 6 nitrogen and oxygen atoms in total. The van der Waals surface area contributed by atoms with E-state index in [1.165, 1.54) is 12.8 Å². The normalized spacial score (nSPS) is 24.1. The van der Waals surface area contributed by atoms with Gasteiger partial charge in [-0.25, -0.2) is 0 Å². The van der Waals surface area contributed by atoms with Crippen LogP contribution >= 0.6 is 0 Å². The number of carbonyl (C=O) groups is 1. The lowest BCUT2D eigenvalue weighted by Gasteiger charge is -2.27. The van der Waals surface area contributed by atoms with E-state index in [0.29, 0.717) is 24.9 Å². The zero-order valence-electron chi connectivity index (χ0n) is 14.8. The second-order valence-corrected chi connectivity index (χ2v) is 6.94. The summed E-state index contributed by atoms with van der Waals surface area (Å²) in [7, 11) is 3.57. The van der Waals surface area contributed by atoms with Crippen molar-refractivity contribution in [3.8, 4) is 5.75 Å². The van der Waals surface area contributed by atoms with Crippen LogP contribution in [0.5, 0.6) is 5.75 Å². The van der Waals surface area contributed by atoms with Gasteiger partial charge in [0.2, 0.25) is 0 Å². The number of hydrogen-bond donors (Lipinski definition) is 1. The van der Waals surface area contributed by atoms with E-state index in [4.69, 9.17) is 9.47 Å². The second-order valence-electron chi connectivity index (χ2n) is 6.94. The minimum Gasteiger partial charge on any atom is -0.497 e. The number of nitrogens with one attached hydrogen (secondary N) is 1. The number of likely N-dealkylation sites (tertiary alicyclic amines) is 1. The molecule has 2 saturated heterocycles. The van der Waals surface area contributed by atoms with Gasteiger partial charge in [0.15, 0.2) is 0 Å². The summed E-state index contributed by atoms with van der Waals surface area (Å²) in [5.74, 6) is 0.751. The topological polar surface area (TPSA) is 55.7 Å². The molecule has 0 aliphatic carbocycles. The summed E-state index contributed by atoms with van der Waals surface area (Å²) in [5.41, 5.74) is 1.68. The largest absolute Gasteiger partial charge is 0.497 e. The molecule has 25 heavy (non-hydrogen) atoms. The Morgan fingerprint density at radius 3 is 2.80 bits per heavy atom. The molecule has 0 bridgehead atoms. The quantitative estimate of drug-likeness (QED) is 0.919. The lowest BCUT2D eigenvalue weighted by Crippen LogP contribution is -2.50. The lowest BCUT2D eigenvalue weighted by molar-refractivity contribution is 0.0909. The van der Waals surface area contributed by atoms with Gasteiger partial charge in [-0.1, -0.05) is 0 Å². The Kier molecular flexibility index (Phi) is 4.39. The van der Waals surface area contributed by atoms with Crippen LogP contribution in [0.2, 0.25) is 0 Å². The van der Waals surface area contributed by atoms with Gasteiger partial charge in [-0.05, 0) is 50.2 Å². The third-order valence-electron chi connectivity index (χ3n) is 5.46. The van der Waals surface area contributed by atoms with Crippen LogP contribution in [0.3, 0.4) is 0 Å². The van der Waals surface area contributed by atoms with E-state index in [2.05, 4.69) is 10.2 Å². The summed E-state index contributed by atoms with van der Waals surface area (Å²) < 4.78 is 12.9. The first kappa shape index (κ1) is 16.4. The molecule has 4 rings (SSSR count). The molecule has 0 saturated carbocycles. The fourth-order valence-corrected chi connectivity index (χ4v) is 4.03. The van der Waals surface area contributed by atoms with Gasteiger partial charge in [0, 0.05) is 18.0 Å². The summed E-state index contributed by atoms with van der Waals surface area (Å²) in [4.78, 5) is 15.3. The van der Waals surface area contributed by atoms with Crippen molar-refractivity contribution in [1.82, 2.24) is 14.8 Å². The van der Waals surface area contributed by atoms with Crippen molar-refractivity contribution in [2.45, 2.75) is 24.9 Å². The predicted molar refractivity (Wildman–Crippen MR) is 96.1 cm³/mol. The molecule has 1 amide bonds. The molecule has 1 aromatic heterocycles. The van der Waals surface area contributed by atoms with Crippen LogP contribution in [0.1, 0.15) is 23.3 Å². The molecule has 2 aromatic rings. The van der Waals surface area contributed by atoms with Crippen molar-refractivity contribution in [3.05, 3.63) is 30.0 Å². The summed E-state index contributed by atoms with van der Waals surface area (Å²) >= 11 is 0. The molecule has 2 aliphatic heterocycles. The van der Waals surface area contributed by atoms with Crippen LogP contribution in [0.25, 0.3) is 10.9 Å². The number of hydrogen-bond acceptors (Lipinski definition) is 4. The second kappa shape index (κ2) is 6.69. The van der Waals surface area contributed by atoms with Gasteiger partial charge in [0.05, 0.1) is 32.4 Å². The number of aryl methyl sites for hydroxylation is 1. The van der Waals surface area contributed by atoms with E-state index >= 15 is 0 Å². The molecule has 0 radical (unpaired) electrons. The fourth-order valence-electron chi connectivity index (χ4n) is 4.03. The molecule has 1 aromatic carbocycles. The van der Waals surface area contributed by atoms with Crippen molar-refractivity contribution < 1.29 is 14.3 Å². The maximum absolute atomic E-state index is 12.9. The highest BCUT2D eigenvalue weighted by atomic mass is 16.5. The smallest absolute Gasteiger partial charge is 0.268 e. The van der Waals surface area contributed by atoms with E-state index < -0.39 is 0 Å². The van der Waals surface area contributed by atoms with Gasteiger partial charge in [-0.15, -0.1) is 0 Å². The van der Waals surface area contributed by atoms with Gasteiger partial charge in [0.1, 0.15) is 11.4 Å². The SMILES string of the molecule is COc1ccc2c(c1)cc(C(=O)N[C@H]1COC[C@@H]1N1CCCC1)n2C. The number of ether oxygens (including phenoxy) is 2. The first-order valence-corrected chi connectivity index (χ1v) is 8.93. The lowest BCUT2D eigenvalue weighted by atomic mass is 10.1. The number of fused-ring (bicyclic) bond motifs is 1. The van der Waals surface area contributed by atoms with Crippen molar-refractivity contribution in [2.24, 2.45) is 7.05 Å². The Hall–Kier alpha value is -2.05. The third kappa shape index (κ3) is 3.00. The van der Waals surface area contributed by atoms with Crippen molar-refractivity contribution in [3.63, 3.8) is 0 Å². The van der Waals surface area contributed by atoms with Crippen LogP contribution in [0.4, 0.5) is 0 Å². The van der Waals surface area contributed by atoms with Crippen LogP contribution in [-0.4, -0.2) is 60.9 Å². The Balaban J connectivity index is 1.54. The standard InChI is InChI=1S/C19H25N3O3/c1-21-16-6-5-14(24-2)9-13(16)10-17(21)19(23)20-15-11-25-12-18(15)22-7-3-4-8-22/h5-6,9-10,15,18H,3-4,7-8,11-12H2,1-2H3,(H,20,23)/t15-,18-/m0/s1. The number of nitrogens with zero attached hydrogens (tertiary/aromatic N) is 2. The molecule has 2 atom stereocenters. The molecule has 6 heteroatoms. The summed E-state index contributed by atoms with van der Waals surface area (Å²) in [6.45, 7) is 3.50. The first-order chi connectivity index (χ1) is 12.2. The number of amides is 1. The number of benzene rings is 1. The maximum Gasteiger partial charge on any atom is 0.268 e. The predicted octanol–water partition coefficient (Wildman–Crippen LogP) is 1.78. The molecule has 2 aliphatic rings. The molecule has 1 N–H and O–H groups in total. The highest BCUT2D eigenvalue weighted by molar-refractivity contribution is 5.99. The van der Waals surface area contributed by atoms with E-state index in [-0.39, 0.29) is 11.9 Å². The number of carbonyl (C=O) groups excluding carboxylic acids is 1. The zero-order valence-corrected chi connectivity index (χ0v) is 14.8. The average molecular weight is 343 g/mol. The van der Waals surface area contributed by atoms with E-state index in [0.717, 1.165) is 29.7 Å². The highest BCUT2D eigenvalue weighted by Crippen LogP contribution is 2.24. The number of aromatic nitrogens is 1. The number of rotatable bonds is 4. The fraction of sp³-hybridized carbons (Fsp3) is 0.526. The Morgan fingerprint density at radius 1 is 1.24 bits per heavy atom. The van der Waals surface area contributed by atoms with E-state index in [9.17, 15) is 4.79 Å². The monoisotopic (exact) mass is 343 g/mol. The van der Waals surface area contributed by atoms with Gasteiger partial charge >= 0.3 is 0 Å². The van der Waals surface area contributed by atoms with Crippen molar-refractivity contribution in [2.75, 3.05) is 33.4 Å². The number of methoxy groups -OCH3 is 1. The first-order valence-electron chi connectivity index (χ1n) is 8.93. The van der Waals surface area contributed by atoms with Crippen LogP contribution in [-0.2, 0) is 11.8 Å². The molecule has 2 fully saturated rings. The maximum atomic E-state index is 12.9. The van der Waals surface area contributed by atoms with Gasteiger partial charge in [-0.2, -0.15) is 0 Å². The molecule has 134 valence electrons. The average Bonchev–Trinajstić information content (AvgIpc) is 3.34.